The summed E-state index contributed by atoms with van der Waals surface area (Å²) >= 11 is 0. The van der Waals surface area contributed by atoms with E-state index in [2.05, 4.69) is 87.2 Å². The third-order valence-corrected chi connectivity index (χ3v) is 15.7. The zero-order valence-electron chi connectivity index (χ0n) is 23.7. The second-order valence-electron chi connectivity index (χ2n) is 10.8. The summed E-state index contributed by atoms with van der Waals surface area (Å²) in [6.07, 6.45) is -0.00478. The number of ketones is 1. The lowest BCUT2D eigenvalue weighted by Gasteiger charge is -2.36. The minimum atomic E-state index is -1.87. The average molecular weight is 513 g/mol. The zero-order chi connectivity index (χ0) is 25.8. The molecule has 7 heteroatoms. The van der Waals surface area contributed by atoms with Gasteiger partial charge in [0, 0.05) is 31.0 Å². The first kappa shape index (κ1) is 32.8. The summed E-state index contributed by atoms with van der Waals surface area (Å²) in [7, 11) is -3.47. The van der Waals surface area contributed by atoms with Gasteiger partial charge >= 0.3 is 0 Å². The van der Waals surface area contributed by atoms with Gasteiger partial charge in [-0.15, -0.1) is 0 Å². The van der Waals surface area contributed by atoms with E-state index in [-0.39, 0.29) is 34.7 Å². The first-order chi connectivity index (χ1) is 15.2. The number of hydrogen-bond acceptors (Lipinski definition) is 4. The van der Waals surface area contributed by atoms with E-state index < -0.39 is 26.4 Å². The second-order valence-corrected chi connectivity index (χ2v) is 21.1. The maximum Gasteiger partial charge on any atom is 0.211 e. The van der Waals surface area contributed by atoms with Crippen LogP contribution in [0.25, 0.3) is 0 Å². The minimum absolute atomic E-state index is 0.00478. The van der Waals surface area contributed by atoms with Crippen LogP contribution in [-0.2, 0) is 18.1 Å². The summed E-state index contributed by atoms with van der Waals surface area (Å²) < 4.78 is 19.1. The van der Waals surface area contributed by atoms with Gasteiger partial charge in [0.15, 0.2) is 8.32 Å². The van der Waals surface area contributed by atoms with Crippen LogP contribution in [0.15, 0.2) is 0 Å². The smallest absolute Gasteiger partial charge is 0.211 e. The predicted molar refractivity (Wildman–Crippen MR) is 148 cm³/mol. The van der Waals surface area contributed by atoms with Gasteiger partial charge in [0.2, 0.25) is 23.9 Å². The van der Waals surface area contributed by atoms with Gasteiger partial charge in [0.25, 0.3) is 0 Å². The highest BCUT2D eigenvalue weighted by Crippen LogP contribution is 2.36. The van der Waals surface area contributed by atoms with Crippen molar-refractivity contribution in [3.63, 3.8) is 0 Å². The van der Waals surface area contributed by atoms with Crippen LogP contribution in [0.5, 0.6) is 0 Å². The van der Waals surface area contributed by atoms with Crippen LogP contribution in [0.1, 0.15) is 69.2 Å². The lowest BCUT2D eigenvalue weighted by Crippen LogP contribution is -2.42. The summed E-state index contributed by atoms with van der Waals surface area (Å²) in [6.45, 7) is 27.3. The molecule has 0 aromatic heterocycles. The Morgan fingerprint density at radius 3 is 1.88 bits per heavy atom. The molecule has 0 aliphatic heterocycles. The van der Waals surface area contributed by atoms with Gasteiger partial charge in [0.05, 0.1) is 6.10 Å². The highest BCUT2D eigenvalue weighted by Gasteiger charge is 2.37. The molecule has 0 aromatic carbocycles. The molecule has 0 amide bonds. The minimum Gasteiger partial charge on any atom is -0.416 e. The molecule has 0 fully saturated rings. The van der Waals surface area contributed by atoms with E-state index in [1.807, 2.05) is 6.92 Å². The molecule has 0 saturated carbocycles. The molecule has 0 rings (SSSR count). The van der Waals surface area contributed by atoms with Gasteiger partial charge in [-0.05, 0) is 55.2 Å². The van der Waals surface area contributed by atoms with E-state index in [9.17, 15) is 4.79 Å². The summed E-state index contributed by atoms with van der Waals surface area (Å²) in [6, 6.07) is 4.39. The van der Waals surface area contributed by atoms with Crippen molar-refractivity contribution >= 4 is 32.2 Å². The number of hydrogen-bond donors (Lipinski definition) is 0. The molecule has 33 heavy (non-hydrogen) atoms. The van der Waals surface area contributed by atoms with E-state index in [0.717, 1.165) is 24.2 Å². The van der Waals surface area contributed by atoms with Crippen molar-refractivity contribution in [2.75, 3.05) is 13.2 Å². The predicted octanol–water partition coefficient (Wildman–Crippen LogP) is 6.95. The molecule has 0 bridgehead atoms. The lowest BCUT2D eigenvalue weighted by molar-refractivity contribution is -0.117. The highest BCUT2D eigenvalue weighted by atomic mass is 28.4. The Bertz CT molecular complexity index is 613. The molecule has 0 N–H and O–H groups in total. The number of carbonyl (C=O) groups excluding carboxylic acids is 1. The van der Waals surface area contributed by atoms with Crippen molar-refractivity contribution in [3.8, 4) is 11.8 Å². The number of carbonyl (C=O) groups is 1. The SMILES string of the molecule is CC[Si](CC)OC[C@H](C)[C@@H](O[Si](CC)CC)[C@@H](C)C#CC(=O)[C@@H](C)CO[Si](C)(C)C(C)(C)C. The third kappa shape index (κ3) is 11.8. The molecule has 0 spiro atoms. The second kappa shape index (κ2) is 15.7. The van der Waals surface area contributed by atoms with Crippen LogP contribution in [-0.4, -0.2) is 51.5 Å². The van der Waals surface area contributed by atoms with Gasteiger partial charge in [0.1, 0.15) is 0 Å². The first-order valence-corrected chi connectivity index (χ1v) is 19.5. The maximum absolute atomic E-state index is 12.7. The molecule has 0 saturated heterocycles. The molecule has 192 valence electrons. The molecular formula is C26H52O4Si3. The van der Waals surface area contributed by atoms with Crippen LogP contribution >= 0.6 is 0 Å². The fourth-order valence-corrected chi connectivity index (χ4v) is 7.30. The highest BCUT2D eigenvalue weighted by molar-refractivity contribution is 6.74. The molecule has 0 aromatic rings. The van der Waals surface area contributed by atoms with E-state index in [0.29, 0.717) is 13.2 Å². The molecule has 4 nitrogen and oxygen atoms in total. The first-order valence-electron chi connectivity index (χ1n) is 12.9. The van der Waals surface area contributed by atoms with E-state index in [4.69, 9.17) is 13.3 Å². The largest absolute Gasteiger partial charge is 0.416 e. The Morgan fingerprint density at radius 1 is 0.909 bits per heavy atom. The monoisotopic (exact) mass is 512 g/mol. The topological polar surface area (TPSA) is 44.8 Å². The number of rotatable bonds is 15. The Labute approximate surface area is 210 Å². The number of Topliss-reactive ketones (excluding diaryl/α,β-unsaturated/α-hetero) is 1. The standard InChI is InChI=1S/C26H52O4Si3/c1-13-31(14-2)28-19-23(7)25(30-32(15-3)16-4)21(5)17-18-24(27)22(6)20-29-33(11,12)26(8,9)10/h21-23,25H,13-16,19-20H2,1-12H3/t21-,22-,23-,25-/m0/s1. The molecular weight excluding hydrogens is 461 g/mol. The molecule has 2 radical (unpaired) electrons. The lowest BCUT2D eigenvalue weighted by atomic mass is 9.94. The van der Waals surface area contributed by atoms with Crippen LogP contribution in [0.2, 0.25) is 42.3 Å². The van der Waals surface area contributed by atoms with Crippen LogP contribution in [0, 0.1) is 29.6 Å². The normalized spacial score (nSPS) is 16.3. The van der Waals surface area contributed by atoms with Crippen molar-refractivity contribution in [3.05, 3.63) is 0 Å². The molecule has 0 aliphatic rings. The third-order valence-electron chi connectivity index (χ3n) is 6.86. The van der Waals surface area contributed by atoms with E-state index in [1.165, 1.54) is 0 Å². The van der Waals surface area contributed by atoms with Crippen molar-refractivity contribution in [1.82, 2.24) is 0 Å². The van der Waals surface area contributed by atoms with Crippen molar-refractivity contribution < 1.29 is 18.1 Å². The molecule has 0 unspecified atom stereocenters. The molecule has 0 heterocycles. The Morgan fingerprint density at radius 2 is 1.42 bits per heavy atom. The van der Waals surface area contributed by atoms with Crippen LogP contribution < -0.4 is 0 Å². The van der Waals surface area contributed by atoms with Crippen molar-refractivity contribution in [2.24, 2.45) is 17.8 Å². The van der Waals surface area contributed by atoms with Crippen molar-refractivity contribution in [2.45, 2.75) is 118 Å². The average Bonchev–Trinajstić information content (AvgIpc) is 2.76. The summed E-state index contributed by atoms with van der Waals surface area (Å²) in [5, 5.41) is 0.132. The maximum atomic E-state index is 12.7. The van der Waals surface area contributed by atoms with Gasteiger partial charge < -0.3 is 13.3 Å². The Hall–Kier alpha value is -0.239. The van der Waals surface area contributed by atoms with Gasteiger partial charge in [-0.3, -0.25) is 4.79 Å². The molecule has 0 aliphatic carbocycles. The van der Waals surface area contributed by atoms with Crippen LogP contribution in [0.3, 0.4) is 0 Å². The van der Waals surface area contributed by atoms with E-state index in [1.54, 1.807) is 0 Å². The Kier molecular flexibility index (Phi) is 15.6. The molecule has 4 atom stereocenters. The fraction of sp³-hybridized carbons (Fsp3) is 0.885. The van der Waals surface area contributed by atoms with Gasteiger partial charge in [-0.1, -0.05) is 68.2 Å². The Balaban J connectivity index is 5.26. The fourth-order valence-electron chi connectivity index (χ4n) is 3.13. The van der Waals surface area contributed by atoms with E-state index >= 15 is 0 Å². The van der Waals surface area contributed by atoms with Gasteiger partial charge in [-0.2, -0.15) is 0 Å². The zero-order valence-corrected chi connectivity index (χ0v) is 26.7. The summed E-state index contributed by atoms with van der Waals surface area (Å²) in [5.74, 6) is 6.15. The summed E-state index contributed by atoms with van der Waals surface area (Å²) in [4.78, 5) is 12.7. The van der Waals surface area contributed by atoms with Crippen LogP contribution in [0.4, 0.5) is 0 Å². The summed E-state index contributed by atoms with van der Waals surface area (Å²) in [5.41, 5.74) is 0. The van der Waals surface area contributed by atoms with Gasteiger partial charge in [-0.25, -0.2) is 0 Å². The van der Waals surface area contributed by atoms with Crippen molar-refractivity contribution in [1.29, 1.82) is 0 Å². The quantitative estimate of drug-likeness (QED) is 0.135.